The van der Waals surface area contributed by atoms with Crippen LogP contribution < -0.4 is 10.2 Å². The first-order chi connectivity index (χ1) is 15.5. The molecule has 0 saturated carbocycles. The molecule has 0 aliphatic carbocycles. The SMILES string of the molecule is S=C1N[C@H](c2ccccn2)[C@@H](c2ccc(-c3ccc(Cl)cc3Cl)o2)N1c1ccc(Br)cc1. The maximum Gasteiger partial charge on any atom is 0.174 e. The van der Waals surface area contributed by atoms with Gasteiger partial charge in [0.05, 0.1) is 16.8 Å². The number of pyridine rings is 1. The summed E-state index contributed by atoms with van der Waals surface area (Å²) in [7, 11) is 0. The third kappa shape index (κ3) is 4.04. The number of furan rings is 1. The van der Waals surface area contributed by atoms with E-state index in [-0.39, 0.29) is 12.1 Å². The Balaban J connectivity index is 1.60. The number of halogens is 3. The van der Waals surface area contributed by atoms with Crippen molar-refractivity contribution in [2.75, 3.05) is 4.90 Å². The number of hydrogen-bond donors (Lipinski definition) is 1. The summed E-state index contributed by atoms with van der Waals surface area (Å²) in [6.07, 6.45) is 1.78. The molecule has 1 saturated heterocycles. The first-order valence-electron chi connectivity index (χ1n) is 9.82. The number of rotatable bonds is 4. The molecule has 4 nitrogen and oxygen atoms in total. The lowest BCUT2D eigenvalue weighted by atomic mass is 10.0. The van der Waals surface area contributed by atoms with Crippen LogP contribution in [0.2, 0.25) is 10.0 Å². The van der Waals surface area contributed by atoms with Gasteiger partial charge in [0.2, 0.25) is 0 Å². The highest BCUT2D eigenvalue weighted by Gasteiger charge is 2.42. The molecule has 0 unspecified atom stereocenters. The topological polar surface area (TPSA) is 41.3 Å². The molecule has 32 heavy (non-hydrogen) atoms. The summed E-state index contributed by atoms with van der Waals surface area (Å²) in [5.41, 5.74) is 2.61. The summed E-state index contributed by atoms with van der Waals surface area (Å²) >= 11 is 21.7. The minimum absolute atomic E-state index is 0.188. The molecule has 1 aliphatic rings. The number of hydrogen-bond acceptors (Lipinski definition) is 3. The van der Waals surface area contributed by atoms with E-state index in [0.29, 0.717) is 20.9 Å². The van der Waals surface area contributed by atoms with Crippen LogP contribution in [0.3, 0.4) is 0 Å². The Morgan fingerprint density at radius 3 is 2.53 bits per heavy atom. The molecule has 2 aromatic carbocycles. The molecule has 0 radical (unpaired) electrons. The second-order valence-electron chi connectivity index (χ2n) is 7.30. The van der Waals surface area contributed by atoms with Crippen molar-refractivity contribution in [1.82, 2.24) is 10.3 Å². The standard InChI is InChI=1S/C24H16BrCl2N3OS/c25-14-4-7-16(8-5-14)30-23(22(29-24(30)32)19-3-1-2-12-28-19)21-11-10-20(31-21)17-9-6-15(26)13-18(17)27/h1-13,22-23H,(H,29,32)/t22-,23-/m1/s1. The van der Waals surface area contributed by atoms with E-state index < -0.39 is 0 Å². The molecule has 3 heterocycles. The van der Waals surface area contributed by atoms with Crippen molar-refractivity contribution in [2.24, 2.45) is 0 Å². The Morgan fingerprint density at radius 2 is 1.81 bits per heavy atom. The van der Waals surface area contributed by atoms with Gasteiger partial charge in [0.25, 0.3) is 0 Å². The Kier molecular flexibility index (Phi) is 5.95. The van der Waals surface area contributed by atoms with Gasteiger partial charge in [-0.3, -0.25) is 4.98 Å². The van der Waals surface area contributed by atoms with Crippen LogP contribution in [0.5, 0.6) is 0 Å². The molecule has 1 aliphatic heterocycles. The van der Waals surface area contributed by atoms with Crippen molar-refractivity contribution in [3.63, 3.8) is 0 Å². The first kappa shape index (κ1) is 21.5. The van der Waals surface area contributed by atoms with Crippen molar-refractivity contribution < 1.29 is 4.42 Å². The average Bonchev–Trinajstić information content (AvgIpc) is 3.39. The van der Waals surface area contributed by atoms with Crippen molar-refractivity contribution in [1.29, 1.82) is 0 Å². The second-order valence-corrected chi connectivity index (χ2v) is 9.45. The second kappa shape index (κ2) is 8.87. The molecular formula is C24H16BrCl2N3OS. The molecule has 1 fully saturated rings. The lowest BCUT2D eigenvalue weighted by molar-refractivity contribution is 0.439. The fraction of sp³-hybridized carbons (Fsp3) is 0.0833. The zero-order valence-corrected chi connectivity index (χ0v) is 20.4. The van der Waals surface area contributed by atoms with E-state index in [1.807, 2.05) is 60.7 Å². The minimum atomic E-state index is -0.238. The molecule has 4 aromatic rings. The quantitative estimate of drug-likeness (QED) is 0.268. The van der Waals surface area contributed by atoms with Gasteiger partial charge in [-0.25, -0.2) is 0 Å². The van der Waals surface area contributed by atoms with Crippen LogP contribution in [-0.4, -0.2) is 10.1 Å². The summed E-state index contributed by atoms with van der Waals surface area (Å²) in [5.74, 6) is 1.41. The van der Waals surface area contributed by atoms with Crippen LogP contribution in [0.15, 0.2) is 87.9 Å². The highest BCUT2D eigenvalue weighted by molar-refractivity contribution is 9.10. The molecular weight excluding hydrogens is 529 g/mol. The van der Waals surface area contributed by atoms with Crippen LogP contribution in [0, 0.1) is 0 Å². The molecule has 160 valence electrons. The van der Waals surface area contributed by atoms with Crippen LogP contribution in [-0.2, 0) is 0 Å². The van der Waals surface area contributed by atoms with Crippen molar-refractivity contribution >= 4 is 62.1 Å². The highest BCUT2D eigenvalue weighted by atomic mass is 79.9. The van der Waals surface area contributed by atoms with Crippen LogP contribution in [0.4, 0.5) is 5.69 Å². The fourth-order valence-electron chi connectivity index (χ4n) is 3.87. The molecule has 0 amide bonds. The van der Waals surface area contributed by atoms with Gasteiger partial charge >= 0.3 is 0 Å². The summed E-state index contributed by atoms with van der Waals surface area (Å²) in [5, 5.41) is 5.14. The lowest BCUT2D eigenvalue weighted by Gasteiger charge is -2.26. The van der Waals surface area contributed by atoms with Gasteiger partial charge < -0.3 is 14.6 Å². The molecule has 2 atom stereocenters. The van der Waals surface area contributed by atoms with E-state index in [2.05, 4.69) is 31.1 Å². The van der Waals surface area contributed by atoms with E-state index in [9.17, 15) is 0 Å². The minimum Gasteiger partial charge on any atom is -0.459 e. The van der Waals surface area contributed by atoms with E-state index >= 15 is 0 Å². The number of nitrogens with zero attached hydrogens (tertiary/aromatic N) is 2. The Bertz CT molecular complexity index is 1280. The van der Waals surface area contributed by atoms with Gasteiger partial charge in [-0.05, 0) is 78.9 Å². The molecule has 2 aromatic heterocycles. The monoisotopic (exact) mass is 543 g/mol. The summed E-state index contributed by atoms with van der Waals surface area (Å²) in [6.45, 7) is 0. The molecule has 5 rings (SSSR count). The van der Waals surface area contributed by atoms with Crippen LogP contribution in [0.1, 0.15) is 23.5 Å². The predicted molar refractivity (Wildman–Crippen MR) is 136 cm³/mol. The summed E-state index contributed by atoms with van der Waals surface area (Å²) < 4.78 is 7.34. The normalized spacial score (nSPS) is 18.1. The lowest BCUT2D eigenvalue weighted by Crippen LogP contribution is -2.29. The van der Waals surface area contributed by atoms with Crippen LogP contribution in [0.25, 0.3) is 11.3 Å². The van der Waals surface area contributed by atoms with Crippen LogP contribution >= 0.6 is 51.3 Å². The Labute approximate surface area is 209 Å². The smallest absolute Gasteiger partial charge is 0.174 e. The largest absolute Gasteiger partial charge is 0.459 e. The van der Waals surface area contributed by atoms with E-state index in [0.717, 1.165) is 27.2 Å². The maximum absolute atomic E-state index is 6.42. The van der Waals surface area contributed by atoms with Gasteiger partial charge in [0.1, 0.15) is 17.6 Å². The molecule has 0 bridgehead atoms. The maximum atomic E-state index is 6.42. The third-order valence-corrected chi connectivity index (χ3v) is 6.71. The summed E-state index contributed by atoms with van der Waals surface area (Å²) in [4.78, 5) is 6.63. The van der Waals surface area contributed by atoms with E-state index in [4.69, 9.17) is 39.8 Å². The van der Waals surface area contributed by atoms with Crippen molar-refractivity contribution in [3.8, 4) is 11.3 Å². The zero-order valence-electron chi connectivity index (χ0n) is 16.5. The van der Waals surface area contributed by atoms with Gasteiger partial charge in [0.15, 0.2) is 5.11 Å². The van der Waals surface area contributed by atoms with Crippen molar-refractivity contribution in [3.05, 3.63) is 105 Å². The molecule has 8 heteroatoms. The summed E-state index contributed by atoms with van der Waals surface area (Å²) in [6, 6.07) is 22.7. The molecule has 1 N–H and O–H groups in total. The van der Waals surface area contributed by atoms with Crippen molar-refractivity contribution in [2.45, 2.75) is 12.1 Å². The van der Waals surface area contributed by atoms with Gasteiger partial charge in [0, 0.05) is 26.9 Å². The Hall–Kier alpha value is -2.38. The van der Waals surface area contributed by atoms with E-state index in [1.54, 1.807) is 18.3 Å². The van der Waals surface area contributed by atoms with Gasteiger partial charge in [-0.15, -0.1) is 0 Å². The molecule has 0 spiro atoms. The number of anilines is 1. The third-order valence-electron chi connectivity index (χ3n) is 5.32. The zero-order chi connectivity index (χ0) is 22.2. The number of aromatic nitrogens is 1. The highest BCUT2D eigenvalue weighted by Crippen LogP contribution is 2.43. The predicted octanol–water partition coefficient (Wildman–Crippen LogP) is 7.59. The first-order valence-corrected chi connectivity index (χ1v) is 11.8. The Morgan fingerprint density at radius 1 is 1.00 bits per heavy atom. The number of nitrogens with one attached hydrogen (secondary N) is 1. The van der Waals surface area contributed by atoms with Gasteiger partial charge in [-0.2, -0.15) is 0 Å². The van der Waals surface area contributed by atoms with Gasteiger partial charge in [-0.1, -0.05) is 45.2 Å². The average molecular weight is 545 g/mol. The fourth-order valence-corrected chi connectivity index (χ4v) is 4.98. The van der Waals surface area contributed by atoms with E-state index in [1.165, 1.54) is 0 Å². The number of thiocarbonyl (C=S) groups is 1. The number of benzene rings is 2.